The summed E-state index contributed by atoms with van der Waals surface area (Å²) in [4.78, 5) is 20.9. The molecular weight excluding hydrogens is 445 g/mol. The van der Waals surface area contributed by atoms with Crippen molar-refractivity contribution in [3.63, 3.8) is 0 Å². The zero-order valence-electron chi connectivity index (χ0n) is 19.0. The van der Waals surface area contributed by atoms with Gasteiger partial charge >= 0.3 is 0 Å². The van der Waals surface area contributed by atoms with E-state index in [4.69, 9.17) is 9.15 Å². The summed E-state index contributed by atoms with van der Waals surface area (Å²) in [6.07, 6.45) is 4.96. The summed E-state index contributed by atoms with van der Waals surface area (Å²) in [5, 5.41) is 3.78. The molecule has 0 saturated carbocycles. The Kier molecular flexibility index (Phi) is 5.10. The van der Waals surface area contributed by atoms with E-state index < -0.39 is 5.82 Å². The van der Waals surface area contributed by atoms with Gasteiger partial charge in [0.25, 0.3) is 5.91 Å². The third-order valence-electron chi connectivity index (χ3n) is 6.44. The topological polar surface area (TPSA) is 80.2 Å². The van der Waals surface area contributed by atoms with E-state index in [0.717, 1.165) is 41.5 Å². The molecule has 0 bridgehead atoms. The smallest absolute Gasteiger partial charge is 0.272 e. The Hall–Kier alpha value is -4.39. The number of ether oxygens (including phenoxy) is 1. The maximum absolute atomic E-state index is 13.5. The minimum absolute atomic E-state index is 0.249. The van der Waals surface area contributed by atoms with Crippen LogP contribution in [0.3, 0.4) is 0 Å². The number of hydrogen-bond donors (Lipinski definition) is 2. The number of aromatic amines is 1. The predicted molar refractivity (Wildman–Crippen MR) is 132 cm³/mol. The highest BCUT2D eigenvalue weighted by Gasteiger charge is 2.26. The van der Waals surface area contributed by atoms with Gasteiger partial charge < -0.3 is 19.5 Å². The Bertz CT molecular complexity index is 1570. The average molecular weight is 468 g/mol. The van der Waals surface area contributed by atoms with E-state index in [9.17, 15) is 9.18 Å². The van der Waals surface area contributed by atoms with Crippen molar-refractivity contribution in [1.29, 1.82) is 0 Å². The summed E-state index contributed by atoms with van der Waals surface area (Å²) in [5.74, 6) is 0.156. The number of aryl methyl sites for hydroxylation is 2. The molecule has 0 unspecified atom stereocenters. The molecule has 0 fully saturated rings. The lowest BCUT2D eigenvalue weighted by atomic mass is 9.99. The quantitative estimate of drug-likeness (QED) is 0.314. The molecule has 1 aliphatic rings. The second kappa shape index (κ2) is 8.43. The van der Waals surface area contributed by atoms with Gasteiger partial charge in [0, 0.05) is 17.8 Å². The van der Waals surface area contributed by atoms with Crippen molar-refractivity contribution >= 4 is 22.7 Å². The van der Waals surface area contributed by atoms with E-state index in [-0.39, 0.29) is 11.7 Å². The molecular formula is C28H22FN3O3. The Morgan fingerprint density at radius 2 is 1.97 bits per heavy atom. The Balaban J connectivity index is 1.44. The first kappa shape index (κ1) is 21.2. The maximum Gasteiger partial charge on any atom is 0.272 e. The van der Waals surface area contributed by atoms with Crippen molar-refractivity contribution in [2.45, 2.75) is 19.3 Å². The number of carbonyl (C=O) groups is 1. The van der Waals surface area contributed by atoms with E-state index in [0.29, 0.717) is 22.9 Å². The van der Waals surface area contributed by atoms with Gasteiger partial charge in [-0.15, -0.1) is 0 Å². The molecule has 7 heteroatoms. The Morgan fingerprint density at radius 3 is 2.80 bits per heavy atom. The molecule has 5 aromatic rings. The van der Waals surface area contributed by atoms with Gasteiger partial charge in [0.15, 0.2) is 0 Å². The van der Waals surface area contributed by atoms with Crippen molar-refractivity contribution in [2.75, 3.05) is 12.4 Å². The summed E-state index contributed by atoms with van der Waals surface area (Å²) in [6, 6.07) is 17.5. The van der Waals surface area contributed by atoms with Crippen LogP contribution in [0.15, 0.2) is 71.3 Å². The van der Waals surface area contributed by atoms with Crippen LogP contribution in [0.25, 0.3) is 33.7 Å². The van der Waals surface area contributed by atoms with Gasteiger partial charge in [0.05, 0.1) is 29.4 Å². The van der Waals surface area contributed by atoms with Gasteiger partial charge in [-0.3, -0.25) is 4.79 Å². The first-order valence-corrected chi connectivity index (χ1v) is 11.5. The van der Waals surface area contributed by atoms with Crippen LogP contribution in [0.5, 0.6) is 5.75 Å². The van der Waals surface area contributed by atoms with Gasteiger partial charge in [-0.25, -0.2) is 9.37 Å². The van der Waals surface area contributed by atoms with Crippen LogP contribution in [0.2, 0.25) is 0 Å². The molecule has 6 nitrogen and oxygen atoms in total. The normalized spacial score (nSPS) is 12.6. The molecule has 3 aromatic heterocycles. The highest BCUT2D eigenvalue weighted by atomic mass is 19.1. The fourth-order valence-electron chi connectivity index (χ4n) is 4.80. The second-order valence-electron chi connectivity index (χ2n) is 8.55. The van der Waals surface area contributed by atoms with Crippen LogP contribution < -0.4 is 10.1 Å². The second-order valence-corrected chi connectivity index (χ2v) is 8.55. The number of fused-ring (bicyclic) bond motifs is 3. The van der Waals surface area contributed by atoms with Crippen molar-refractivity contribution < 1.29 is 18.3 Å². The molecule has 1 amide bonds. The molecule has 174 valence electrons. The van der Waals surface area contributed by atoms with Gasteiger partial charge in [0.1, 0.15) is 23.0 Å². The lowest BCUT2D eigenvalue weighted by Crippen LogP contribution is -2.13. The molecule has 0 spiro atoms. The van der Waals surface area contributed by atoms with Crippen molar-refractivity contribution in [3.05, 3.63) is 89.5 Å². The van der Waals surface area contributed by atoms with Crippen molar-refractivity contribution in [3.8, 4) is 28.3 Å². The molecule has 2 aromatic carbocycles. The van der Waals surface area contributed by atoms with Crippen LogP contribution in [0, 0.1) is 5.82 Å². The minimum atomic E-state index is -0.441. The lowest BCUT2D eigenvalue weighted by Gasteiger charge is -2.09. The number of methoxy groups -OCH3 is 1. The number of amides is 1. The van der Waals surface area contributed by atoms with Crippen molar-refractivity contribution in [2.24, 2.45) is 0 Å². The first-order chi connectivity index (χ1) is 17.1. The number of carbonyl (C=O) groups excluding carboxylic acids is 1. The minimum Gasteiger partial charge on any atom is -0.494 e. The van der Waals surface area contributed by atoms with Crippen LogP contribution in [0.1, 0.15) is 28.0 Å². The number of halogens is 1. The number of nitrogens with zero attached hydrogens (tertiary/aromatic N) is 1. The average Bonchev–Trinajstić information content (AvgIpc) is 3.62. The number of nitrogens with one attached hydrogen (secondary N) is 2. The third-order valence-corrected chi connectivity index (χ3v) is 6.44. The summed E-state index contributed by atoms with van der Waals surface area (Å²) in [6.45, 7) is 0. The first-order valence-electron chi connectivity index (χ1n) is 11.5. The summed E-state index contributed by atoms with van der Waals surface area (Å²) in [7, 11) is 1.43. The Labute approximate surface area is 200 Å². The number of pyridine rings is 1. The largest absolute Gasteiger partial charge is 0.494 e. The zero-order valence-corrected chi connectivity index (χ0v) is 19.0. The molecule has 3 heterocycles. The number of hydrogen-bond acceptors (Lipinski definition) is 4. The number of benzene rings is 2. The Morgan fingerprint density at radius 1 is 1.11 bits per heavy atom. The van der Waals surface area contributed by atoms with Gasteiger partial charge in [-0.2, -0.15) is 0 Å². The number of anilines is 1. The maximum atomic E-state index is 13.5. The monoisotopic (exact) mass is 467 g/mol. The number of rotatable bonds is 5. The lowest BCUT2D eigenvalue weighted by molar-refractivity contribution is 0.102. The highest BCUT2D eigenvalue weighted by molar-refractivity contribution is 6.06. The summed E-state index contributed by atoms with van der Waals surface area (Å²) >= 11 is 0. The third kappa shape index (κ3) is 3.65. The van der Waals surface area contributed by atoms with Crippen molar-refractivity contribution in [1.82, 2.24) is 9.97 Å². The number of aromatic nitrogens is 2. The number of furan rings is 1. The van der Waals surface area contributed by atoms with Gasteiger partial charge in [-0.05, 0) is 54.7 Å². The van der Waals surface area contributed by atoms with E-state index in [1.54, 1.807) is 6.07 Å². The summed E-state index contributed by atoms with van der Waals surface area (Å²) < 4.78 is 25.0. The summed E-state index contributed by atoms with van der Waals surface area (Å²) in [5.41, 5.74) is 6.44. The fraction of sp³-hybridized carbons (Fsp3) is 0.143. The molecule has 1 aliphatic carbocycles. The van der Waals surface area contributed by atoms with Gasteiger partial charge in [0.2, 0.25) is 5.71 Å². The van der Waals surface area contributed by atoms with Crippen LogP contribution in [-0.4, -0.2) is 23.0 Å². The van der Waals surface area contributed by atoms with Crippen LogP contribution >= 0.6 is 0 Å². The molecule has 2 N–H and O–H groups in total. The standard InChI is InChI=1S/C28H22FN3O3/c1-34-23-14-18(29)10-11-20(23)32-27(33)22-13-12-21(31-22)25-24-19-9-5-8-17(19)15-30-28(24)35-26(25)16-6-3-2-4-7-16/h2-4,6-7,10-15,31H,5,8-9H2,1H3,(H,32,33). The molecule has 0 aliphatic heterocycles. The number of H-pyrrole nitrogens is 1. The van der Waals surface area contributed by atoms with E-state index >= 15 is 0 Å². The van der Waals surface area contributed by atoms with E-state index in [2.05, 4.69) is 15.3 Å². The van der Waals surface area contributed by atoms with E-state index in [1.165, 1.54) is 36.4 Å². The fourth-order valence-corrected chi connectivity index (χ4v) is 4.80. The van der Waals surface area contributed by atoms with E-state index in [1.807, 2.05) is 42.6 Å². The highest BCUT2D eigenvalue weighted by Crippen LogP contribution is 2.43. The molecule has 0 saturated heterocycles. The predicted octanol–water partition coefficient (Wildman–Crippen LogP) is 6.38. The van der Waals surface area contributed by atoms with Gasteiger partial charge in [-0.1, -0.05) is 30.3 Å². The van der Waals surface area contributed by atoms with Crippen LogP contribution in [-0.2, 0) is 12.8 Å². The SMILES string of the molecule is COc1cc(F)ccc1NC(=O)c1ccc(-c2c(-c3ccccc3)oc3ncc4c(c23)CCC4)[nH]1. The zero-order chi connectivity index (χ0) is 23.9. The molecule has 0 atom stereocenters. The van der Waals surface area contributed by atoms with Crippen LogP contribution in [0.4, 0.5) is 10.1 Å². The molecule has 0 radical (unpaired) electrons. The molecule has 35 heavy (non-hydrogen) atoms. The molecule has 6 rings (SSSR count).